The number of carbonyl (C=O) groups excluding carboxylic acids is 3. The summed E-state index contributed by atoms with van der Waals surface area (Å²) in [5.74, 6) is 0.637. The van der Waals surface area contributed by atoms with Gasteiger partial charge in [0.15, 0.2) is 0 Å². The summed E-state index contributed by atoms with van der Waals surface area (Å²) in [7, 11) is 4.13. The van der Waals surface area contributed by atoms with Gasteiger partial charge < -0.3 is 19.3 Å². The maximum absolute atomic E-state index is 13.0. The molecule has 0 saturated heterocycles. The number of rotatable bonds is 34. The van der Waals surface area contributed by atoms with Crippen molar-refractivity contribution >= 4 is 28.9 Å². The molecular formula is C40H74N2O5S. The maximum atomic E-state index is 13.0. The van der Waals surface area contributed by atoms with Crippen LogP contribution in [0, 0.1) is 0 Å². The molecule has 1 amide bonds. The molecule has 0 N–H and O–H groups in total. The van der Waals surface area contributed by atoms with Crippen molar-refractivity contribution in [3.8, 4) is 0 Å². The summed E-state index contributed by atoms with van der Waals surface area (Å²) < 4.78 is 10.6. The van der Waals surface area contributed by atoms with Gasteiger partial charge in [-0.15, -0.1) is 0 Å². The Bertz CT molecular complexity index is 765. The molecule has 8 heteroatoms. The molecule has 0 radical (unpaired) electrons. The number of unbranched alkanes of at least 4 members (excludes halogenated alkanes) is 16. The van der Waals surface area contributed by atoms with Gasteiger partial charge in [0.2, 0.25) is 0 Å². The Labute approximate surface area is 300 Å². The first-order valence-corrected chi connectivity index (χ1v) is 20.6. The molecule has 0 aromatic carbocycles. The van der Waals surface area contributed by atoms with Crippen molar-refractivity contribution in [1.82, 2.24) is 9.80 Å². The van der Waals surface area contributed by atoms with Crippen LogP contribution in [-0.2, 0) is 19.1 Å². The summed E-state index contributed by atoms with van der Waals surface area (Å²) in [4.78, 5) is 41.2. The van der Waals surface area contributed by atoms with Crippen LogP contribution in [0.2, 0.25) is 0 Å². The lowest BCUT2D eigenvalue weighted by atomic mass is 10.1. The van der Waals surface area contributed by atoms with Gasteiger partial charge in [0.1, 0.15) is 13.2 Å². The van der Waals surface area contributed by atoms with Crippen LogP contribution in [0.5, 0.6) is 0 Å². The number of carbonyl (C=O) groups is 3. The van der Waals surface area contributed by atoms with Crippen LogP contribution < -0.4 is 0 Å². The van der Waals surface area contributed by atoms with Crippen molar-refractivity contribution < 1.29 is 23.9 Å². The molecule has 7 nitrogen and oxygen atoms in total. The fraction of sp³-hybridized carbons (Fsp3) is 0.825. The number of ether oxygens (including phenoxy) is 2. The predicted molar refractivity (Wildman–Crippen MR) is 206 cm³/mol. The molecule has 0 atom stereocenters. The number of amides is 1. The lowest BCUT2D eigenvalue weighted by Gasteiger charge is -2.22. The van der Waals surface area contributed by atoms with Crippen LogP contribution in [0.3, 0.4) is 0 Å². The molecule has 0 bridgehead atoms. The van der Waals surface area contributed by atoms with E-state index in [0.717, 1.165) is 109 Å². The van der Waals surface area contributed by atoms with Crippen LogP contribution in [0.25, 0.3) is 0 Å². The van der Waals surface area contributed by atoms with Gasteiger partial charge in [-0.25, -0.2) is 0 Å². The molecule has 0 fully saturated rings. The molecule has 48 heavy (non-hydrogen) atoms. The second kappa shape index (κ2) is 36.5. The van der Waals surface area contributed by atoms with E-state index >= 15 is 0 Å². The van der Waals surface area contributed by atoms with Crippen LogP contribution in [0.15, 0.2) is 24.3 Å². The van der Waals surface area contributed by atoms with E-state index in [0.29, 0.717) is 26.1 Å². The summed E-state index contributed by atoms with van der Waals surface area (Å²) in [6, 6.07) is 0. The number of thioether (sulfide) groups is 1. The number of esters is 2. The highest BCUT2D eigenvalue weighted by Crippen LogP contribution is 2.16. The van der Waals surface area contributed by atoms with Crippen LogP contribution in [0.1, 0.15) is 162 Å². The van der Waals surface area contributed by atoms with Crippen molar-refractivity contribution in [3.05, 3.63) is 24.3 Å². The van der Waals surface area contributed by atoms with E-state index in [1.54, 1.807) is 0 Å². The number of nitrogens with zero attached hydrogens (tertiary/aromatic N) is 2. The highest BCUT2D eigenvalue weighted by atomic mass is 32.2. The van der Waals surface area contributed by atoms with Gasteiger partial charge >= 0.3 is 11.9 Å². The van der Waals surface area contributed by atoms with E-state index in [9.17, 15) is 14.4 Å². The van der Waals surface area contributed by atoms with Gasteiger partial charge in [0, 0.05) is 31.7 Å². The molecule has 0 aromatic rings. The van der Waals surface area contributed by atoms with Crippen molar-refractivity contribution in [2.45, 2.75) is 162 Å². The van der Waals surface area contributed by atoms with Crippen molar-refractivity contribution in [2.75, 3.05) is 52.7 Å². The van der Waals surface area contributed by atoms with Gasteiger partial charge in [-0.2, -0.15) is 0 Å². The second-order valence-electron chi connectivity index (χ2n) is 13.3. The highest BCUT2D eigenvalue weighted by molar-refractivity contribution is 8.13. The Balaban J connectivity index is 4.12. The summed E-state index contributed by atoms with van der Waals surface area (Å²) >= 11 is 1.45. The Morgan fingerprint density at radius 2 is 0.958 bits per heavy atom. The van der Waals surface area contributed by atoms with Crippen molar-refractivity contribution in [3.63, 3.8) is 0 Å². The van der Waals surface area contributed by atoms with Gasteiger partial charge in [-0.05, 0) is 78.4 Å². The minimum absolute atomic E-state index is 0.107. The minimum atomic E-state index is -0.107. The number of hydrogen-bond donors (Lipinski definition) is 0. The smallest absolute Gasteiger partial charge is 0.306 e. The average molecular weight is 695 g/mol. The SMILES string of the molecule is CCCCCCC=CCOC(=O)CCCCCCCN(CCCCCCCC(=O)OCC=CCCCCCC)C(=O)SCCCN(C)C. The Kier molecular flexibility index (Phi) is 35.1. The highest BCUT2D eigenvalue weighted by Gasteiger charge is 2.14. The standard InChI is InChI=1S/C40H74N2O5S/c1-5-7-9-11-13-21-27-35-46-38(43)30-23-17-15-19-25-33-42(40(45)48-37-29-32-41(3)4)34-26-20-16-18-24-31-39(44)47-36-28-22-14-12-10-8-6-2/h21-22,27-28H,5-20,23-26,29-37H2,1-4H3. The van der Waals surface area contributed by atoms with E-state index in [1.165, 1.54) is 63.1 Å². The summed E-state index contributed by atoms with van der Waals surface area (Å²) in [5, 5.41) is 0.198. The Morgan fingerprint density at radius 3 is 1.42 bits per heavy atom. The molecule has 0 spiro atoms. The average Bonchev–Trinajstić information content (AvgIpc) is 3.07. The molecule has 0 rings (SSSR count). The van der Waals surface area contributed by atoms with Gasteiger partial charge in [-0.3, -0.25) is 14.4 Å². The number of hydrogen-bond acceptors (Lipinski definition) is 7. The predicted octanol–water partition coefficient (Wildman–Crippen LogP) is 10.9. The molecule has 0 aliphatic rings. The molecule has 0 heterocycles. The third-order valence-electron chi connectivity index (χ3n) is 8.31. The van der Waals surface area contributed by atoms with E-state index in [2.05, 4.69) is 45.0 Å². The van der Waals surface area contributed by atoms with Crippen molar-refractivity contribution in [2.24, 2.45) is 0 Å². The van der Waals surface area contributed by atoms with E-state index in [1.807, 2.05) is 17.1 Å². The van der Waals surface area contributed by atoms with Crippen molar-refractivity contribution in [1.29, 1.82) is 0 Å². The maximum Gasteiger partial charge on any atom is 0.306 e. The normalized spacial score (nSPS) is 11.6. The first-order chi connectivity index (χ1) is 23.4. The zero-order valence-corrected chi connectivity index (χ0v) is 32.5. The third kappa shape index (κ3) is 34.1. The minimum Gasteiger partial charge on any atom is -0.461 e. The van der Waals surface area contributed by atoms with Crippen LogP contribution in [0.4, 0.5) is 4.79 Å². The zero-order chi connectivity index (χ0) is 35.3. The fourth-order valence-corrected chi connectivity index (χ4v) is 6.12. The lowest BCUT2D eigenvalue weighted by Crippen LogP contribution is -2.30. The molecule has 0 aromatic heterocycles. The van der Waals surface area contributed by atoms with E-state index in [-0.39, 0.29) is 17.2 Å². The Hall–Kier alpha value is -1.80. The molecule has 280 valence electrons. The molecule has 0 aliphatic heterocycles. The number of allylic oxidation sites excluding steroid dienone is 2. The summed E-state index contributed by atoms with van der Waals surface area (Å²) in [6.45, 7) is 7.79. The monoisotopic (exact) mass is 695 g/mol. The molecule has 0 saturated carbocycles. The lowest BCUT2D eigenvalue weighted by molar-refractivity contribution is -0.143. The molecule has 0 unspecified atom stereocenters. The summed E-state index contributed by atoms with van der Waals surface area (Å²) in [5.41, 5.74) is 0. The second-order valence-corrected chi connectivity index (χ2v) is 14.3. The summed E-state index contributed by atoms with van der Waals surface area (Å²) in [6.07, 6.45) is 32.3. The quantitative estimate of drug-likeness (QED) is 0.0377. The first-order valence-electron chi connectivity index (χ1n) is 19.6. The van der Waals surface area contributed by atoms with Gasteiger partial charge in [-0.1, -0.05) is 127 Å². The van der Waals surface area contributed by atoms with E-state index < -0.39 is 0 Å². The van der Waals surface area contributed by atoms with E-state index in [4.69, 9.17) is 9.47 Å². The van der Waals surface area contributed by atoms with Gasteiger partial charge in [0.05, 0.1) is 0 Å². The fourth-order valence-electron chi connectivity index (χ4n) is 5.31. The van der Waals surface area contributed by atoms with Gasteiger partial charge in [0.25, 0.3) is 5.24 Å². The zero-order valence-electron chi connectivity index (χ0n) is 31.7. The molecule has 0 aliphatic carbocycles. The molecular weight excluding hydrogens is 621 g/mol. The van der Waals surface area contributed by atoms with Crippen LogP contribution >= 0.6 is 11.8 Å². The van der Waals surface area contributed by atoms with Crippen LogP contribution in [-0.4, -0.2) is 79.7 Å². The Morgan fingerprint density at radius 1 is 0.521 bits per heavy atom. The topological polar surface area (TPSA) is 76.1 Å². The third-order valence-corrected chi connectivity index (χ3v) is 9.31. The first kappa shape index (κ1) is 46.2. The largest absolute Gasteiger partial charge is 0.461 e.